The van der Waals surface area contributed by atoms with E-state index in [-0.39, 0.29) is 17.8 Å². The SMILES string of the molecule is CCCCN(CCCC)C(=O)CCc1nc(N)nc(N)n1. The maximum Gasteiger partial charge on any atom is 0.225 e. The largest absolute Gasteiger partial charge is 0.368 e. The van der Waals surface area contributed by atoms with Gasteiger partial charge in [0.1, 0.15) is 5.82 Å². The molecule has 0 radical (unpaired) electrons. The van der Waals surface area contributed by atoms with E-state index in [2.05, 4.69) is 28.8 Å². The molecule has 0 spiro atoms. The lowest BCUT2D eigenvalue weighted by molar-refractivity contribution is -0.131. The summed E-state index contributed by atoms with van der Waals surface area (Å²) in [6, 6.07) is 0. The summed E-state index contributed by atoms with van der Waals surface area (Å²) in [6.45, 7) is 5.88. The molecule has 0 bridgehead atoms. The summed E-state index contributed by atoms with van der Waals surface area (Å²) in [5.41, 5.74) is 11.0. The van der Waals surface area contributed by atoms with E-state index < -0.39 is 0 Å². The Morgan fingerprint density at radius 2 is 1.52 bits per heavy atom. The fraction of sp³-hybridized carbons (Fsp3) is 0.714. The Balaban J connectivity index is 2.55. The average molecular weight is 294 g/mol. The third-order valence-electron chi connectivity index (χ3n) is 3.19. The highest BCUT2D eigenvalue weighted by molar-refractivity contribution is 5.76. The fourth-order valence-electron chi connectivity index (χ4n) is 2.00. The van der Waals surface area contributed by atoms with Crippen molar-refractivity contribution < 1.29 is 4.79 Å². The molecular formula is C14H26N6O. The van der Waals surface area contributed by atoms with Crippen LogP contribution in [0.1, 0.15) is 51.8 Å². The molecule has 1 amide bonds. The van der Waals surface area contributed by atoms with Crippen molar-refractivity contribution in [2.45, 2.75) is 52.4 Å². The van der Waals surface area contributed by atoms with Crippen LogP contribution in [-0.2, 0) is 11.2 Å². The molecule has 118 valence electrons. The monoisotopic (exact) mass is 294 g/mol. The number of nitrogens with two attached hydrogens (primary N) is 2. The van der Waals surface area contributed by atoms with Gasteiger partial charge < -0.3 is 16.4 Å². The maximum atomic E-state index is 12.3. The first-order valence-corrected chi connectivity index (χ1v) is 7.60. The number of nitrogens with zero attached hydrogens (tertiary/aromatic N) is 4. The van der Waals surface area contributed by atoms with Gasteiger partial charge in [0.2, 0.25) is 17.8 Å². The second-order valence-corrected chi connectivity index (χ2v) is 5.06. The smallest absolute Gasteiger partial charge is 0.225 e. The second-order valence-electron chi connectivity index (χ2n) is 5.06. The maximum absolute atomic E-state index is 12.3. The summed E-state index contributed by atoms with van der Waals surface area (Å²) in [6.07, 6.45) is 5.02. The highest BCUT2D eigenvalue weighted by Crippen LogP contribution is 2.06. The second kappa shape index (κ2) is 9.10. The number of amides is 1. The fourth-order valence-corrected chi connectivity index (χ4v) is 2.00. The van der Waals surface area contributed by atoms with E-state index in [1.807, 2.05) is 4.90 Å². The average Bonchev–Trinajstić information content (AvgIpc) is 2.44. The van der Waals surface area contributed by atoms with Crippen LogP contribution in [0.25, 0.3) is 0 Å². The third kappa shape index (κ3) is 6.37. The molecule has 7 heteroatoms. The third-order valence-corrected chi connectivity index (χ3v) is 3.19. The summed E-state index contributed by atoms with van der Waals surface area (Å²) >= 11 is 0. The molecule has 0 atom stereocenters. The molecule has 1 aromatic rings. The number of carbonyl (C=O) groups excluding carboxylic acids is 1. The van der Waals surface area contributed by atoms with E-state index in [0.29, 0.717) is 18.7 Å². The number of rotatable bonds is 9. The molecule has 1 rings (SSSR count). The predicted molar refractivity (Wildman–Crippen MR) is 83.4 cm³/mol. The van der Waals surface area contributed by atoms with Crippen molar-refractivity contribution in [3.63, 3.8) is 0 Å². The number of aromatic nitrogens is 3. The number of carbonyl (C=O) groups is 1. The van der Waals surface area contributed by atoms with Gasteiger partial charge in [-0.1, -0.05) is 26.7 Å². The van der Waals surface area contributed by atoms with E-state index in [0.717, 1.165) is 38.8 Å². The van der Waals surface area contributed by atoms with Crippen molar-refractivity contribution in [1.82, 2.24) is 19.9 Å². The van der Waals surface area contributed by atoms with Crippen LogP contribution in [0.2, 0.25) is 0 Å². The molecule has 21 heavy (non-hydrogen) atoms. The molecule has 4 N–H and O–H groups in total. The zero-order valence-corrected chi connectivity index (χ0v) is 13.0. The minimum Gasteiger partial charge on any atom is -0.368 e. The standard InChI is InChI=1S/C14H26N6O/c1-3-5-9-20(10-6-4-2)12(21)8-7-11-17-13(15)19-14(16)18-11/h3-10H2,1-2H3,(H4,15,16,17,18,19). The number of hydrogen-bond acceptors (Lipinski definition) is 6. The van der Waals surface area contributed by atoms with Gasteiger partial charge in [-0.3, -0.25) is 4.79 Å². The molecule has 1 heterocycles. The molecule has 0 saturated carbocycles. The summed E-state index contributed by atoms with van der Waals surface area (Å²) in [5.74, 6) is 0.797. The number of hydrogen-bond donors (Lipinski definition) is 2. The van der Waals surface area contributed by atoms with Gasteiger partial charge in [-0.2, -0.15) is 15.0 Å². The molecular weight excluding hydrogens is 268 g/mol. The molecule has 0 fully saturated rings. The highest BCUT2D eigenvalue weighted by atomic mass is 16.2. The summed E-state index contributed by atoms with van der Waals surface area (Å²) < 4.78 is 0. The Kier molecular flexibility index (Phi) is 7.42. The van der Waals surface area contributed by atoms with Gasteiger partial charge in [0.05, 0.1) is 0 Å². The molecule has 0 aromatic carbocycles. The van der Waals surface area contributed by atoms with Crippen LogP contribution in [-0.4, -0.2) is 38.8 Å². The Bertz CT molecular complexity index is 423. The van der Waals surface area contributed by atoms with Crippen molar-refractivity contribution >= 4 is 17.8 Å². The number of anilines is 2. The molecule has 7 nitrogen and oxygen atoms in total. The van der Waals surface area contributed by atoms with Gasteiger partial charge in [0.25, 0.3) is 0 Å². The molecule has 1 aromatic heterocycles. The number of unbranched alkanes of at least 4 members (excludes halogenated alkanes) is 2. The quantitative estimate of drug-likeness (QED) is 0.712. The van der Waals surface area contributed by atoms with Crippen molar-refractivity contribution in [3.8, 4) is 0 Å². The lowest BCUT2D eigenvalue weighted by Crippen LogP contribution is -2.33. The molecule has 0 aliphatic rings. The normalized spacial score (nSPS) is 10.6. The zero-order valence-electron chi connectivity index (χ0n) is 13.0. The molecule has 0 aliphatic carbocycles. The Labute approximate surface area is 126 Å². The highest BCUT2D eigenvalue weighted by Gasteiger charge is 2.13. The van der Waals surface area contributed by atoms with Gasteiger partial charge in [-0.25, -0.2) is 0 Å². The Hall–Kier alpha value is -1.92. The van der Waals surface area contributed by atoms with Gasteiger partial charge in [-0.05, 0) is 12.8 Å². The van der Waals surface area contributed by atoms with Crippen molar-refractivity contribution in [2.24, 2.45) is 0 Å². The van der Waals surface area contributed by atoms with Crippen LogP contribution in [0.4, 0.5) is 11.9 Å². The van der Waals surface area contributed by atoms with Crippen LogP contribution in [0.5, 0.6) is 0 Å². The van der Waals surface area contributed by atoms with Gasteiger partial charge in [0, 0.05) is 25.9 Å². The Morgan fingerprint density at radius 3 is 2.00 bits per heavy atom. The summed E-state index contributed by atoms with van der Waals surface area (Å²) in [5, 5.41) is 0. The summed E-state index contributed by atoms with van der Waals surface area (Å²) in [7, 11) is 0. The van der Waals surface area contributed by atoms with Gasteiger partial charge >= 0.3 is 0 Å². The predicted octanol–water partition coefficient (Wildman–Crippen LogP) is 1.40. The minimum absolute atomic E-state index is 0.0961. The first-order valence-electron chi connectivity index (χ1n) is 7.60. The first-order chi connectivity index (χ1) is 10.1. The van der Waals surface area contributed by atoms with E-state index in [1.54, 1.807) is 0 Å². The molecule has 0 aliphatic heterocycles. The van der Waals surface area contributed by atoms with Crippen LogP contribution >= 0.6 is 0 Å². The minimum atomic E-state index is 0.0961. The first kappa shape index (κ1) is 17.1. The van der Waals surface area contributed by atoms with Gasteiger partial charge in [0.15, 0.2) is 0 Å². The van der Waals surface area contributed by atoms with Crippen molar-refractivity contribution in [3.05, 3.63) is 5.82 Å². The molecule has 0 saturated heterocycles. The van der Waals surface area contributed by atoms with E-state index >= 15 is 0 Å². The summed E-state index contributed by atoms with van der Waals surface area (Å²) in [4.78, 5) is 25.9. The van der Waals surface area contributed by atoms with E-state index in [4.69, 9.17) is 11.5 Å². The molecule has 0 unspecified atom stereocenters. The zero-order chi connectivity index (χ0) is 15.7. The van der Waals surface area contributed by atoms with Gasteiger partial charge in [-0.15, -0.1) is 0 Å². The topological polar surface area (TPSA) is 111 Å². The Morgan fingerprint density at radius 1 is 1.00 bits per heavy atom. The van der Waals surface area contributed by atoms with E-state index in [9.17, 15) is 4.79 Å². The van der Waals surface area contributed by atoms with Crippen LogP contribution in [0.15, 0.2) is 0 Å². The van der Waals surface area contributed by atoms with E-state index in [1.165, 1.54) is 0 Å². The van der Waals surface area contributed by atoms with Crippen LogP contribution in [0, 0.1) is 0 Å². The van der Waals surface area contributed by atoms with Crippen molar-refractivity contribution in [1.29, 1.82) is 0 Å². The van der Waals surface area contributed by atoms with Crippen LogP contribution in [0.3, 0.4) is 0 Å². The number of nitrogen functional groups attached to an aromatic ring is 2. The number of aryl methyl sites for hydroxylation is 1. The lowest BCUT2D eigenvalue weighted by Gasteiger charge is -2.22. The van der Waals surface area contributed by atoms with Crippen molar-refractivity contribution in [2.75, 3.05) is 24.6 Å². The van der Waals surface area contributed by atoms with Crippen LogP contribution < -0.4 is 11.5 Å². The lowest BCUT2D eigenvalue weighted by atomic mass is 10.2.